The number of rotatable bonds is 5. The number of hydrazine groups is 1. The van der Waals surface area contributed by atoms with Crippen molar-refractivity contribution in [3.63, 3.8) is 0 Å². The molecular formula is C25H18F5N5O. The maximum Gasteiger partial charge on any atom is 0.416 e. The Morgan fingerprint density at radius 1 is 1.03 bits per heavy atom. The lowest BCUT2D eigenvalue weighted by Gasteiger charge is -2.22. The topological polar surface area (TPSA) is 61.7 Å². The Hall–Kier alpha value is -4.25. The highest BCUT2D eigenvalue weighted by atomic mass is 19.4. The standard InChI is InChI=1S/C25H18F5N5O/c26-24(27)35-13-11-19(33-35)17-14-16(9-10-18(17)25(28,29)30)23(36)32-22-21(15-6-2-1-3-7-15)31-20-8-4-5-12-34(20)22/h1-14,19,24,33H,(H,32,36). The van der Waals surface area contributed by atoms with Crippen molar-refractivity contribution in [3.8, 4) is 11.3 Å². The zero-order chi connectivity index (χ0) is 25.4. The van der Waals surface area contributed by atoms with Gasteiger partial charge in [0.2, 0.25) is 0 Å². The van der Waals surface area contributed by atoms with Gasteiger partial charge in [0.05, 0.1) is 11.6 Å². The van der Waals surface area contributed by atoms with Gasteiger partial charge >= 0.3 is 12.7 Å². The van der Waals surface area contributed by atoms with E-state index in [0.717, 1.165) is 30.0 Å². The highest BCUT2D eigenvalue weighted by molar-refractivity contribution is 6.06. The number of carbonyl (C=O) groups is 1. The van der Waals surface area contributed by atoms with E-state index in [9.17, 15) is 26.7 Å². The number of nitrogens with one attached hydrogen (secondary N) is 2. The number of fused-ring (bicyclic) bond motifs is 1. The summed E-state index contributed by atoms with van der Waals surface area (Å²) < 4.78 is 68.7. The number of hydrogen-bond acceptors (Lipinski definition) is 4. The van der Waals surface area contributed by atoms with E-state index < -0.39 is 30.2 Å². The van der Waals surface area contributed by atoms with Crippen LogP contribution >= 0.6 is 0 Å². The smallest absolute Gasteiger partial charge is 0.306 e. The zero-order valence-electron chi connectivity index (χ0n) is 18.4. The van der Waals surface area contributed by atoms with Crippen LogP contribution < -0.4 is 10.7 Å². The first-order chi connectivity index (χ1) is 17.2. The van der Waals surface area contributed by atoms with Gasteiger partial charge in [0.1, 0.15) is 17.2 Å². The molecule has 1 aliphatic heterocycles. The van der Waals surface area contributed by atoms with Gasteiger partial charge < -0.3 is 5.32 Å². The van der Waals surface area contributed by atoms with Crippen molar-refractivity contribution >= 4 is 17.4 Å². The minimum absolute atomic E-state index is 0.0754. The summed E-state index contributed by atoms with van der Waals surface area (Å²) in [6, 6.07) is 16.1. The lowest BCUT2D eigenvalue weighted by atomic mass is 9.97. The molecule has 2 aromatic heterocycles. The lowest BCUT2D eigenvalue weighted by molar-refractivity contribution is -0.138. The van der Waals surface area contributed by atoms with E-state index in [2.05, 4.69) is 15.7 Å². The molecule has 3 heterocycles. The van der Waals surface area contributed by atoms with Crippen molar-refractivity contribution < 1.29 is 26.7 Å². The van der Waals surface area contributed by atoms with Gasteiger partial charge in [-0.2, -0.15) is 22.0 Å². The minimum Gasteiger partial charge on any atom is -0.306 e. The number of pyridine rings is 1. The summed E-state index contributed by atoms with van der Waals surface area (Å²) in [6.07, 6.45) is -0.905. The molecular weight excluding hydrogens is 481 g/mol. The van der Waals surface area contributed by atoms with E-state index in [-0.39, 0.29) is 11.1 Å². The molecule has 0 saturated carbocycles. The molecule has 2 N–H and O–H groups in total. The lowest BCUT2D eigenvalue weighted by Crippen LogP contribution is -2.35. The van der Waals surface area contributed by atoms with Crippen LogP contribution in [-0.2, 0) is 6.18 Å². The van der Waals surface area contributed by atoms with E-state index in [4.69, 9.17) is 0 Å². The van der Waals surface area contributed by atoms with Gasteiger partial charge in [0, 0.05) is 23.5 Å². The maximum absolute atomic E-state index is 13.7. The van der Waals surface area contributed by atoms with Crippen molar-refractivity contribution in [2.24, 2.45) is 0 Å². The van der Waals surface area contributed by atoms with E-state index in [1.54, 1.807) is 28.8 Å². The van der Waals surface area contributed by atoms with Crippen LogP contribution in [0.1, 0.15) is 27.5 Å². The molecule has 0 saturated heterocycles. The molecule has 0 fully saturated rings. The first-order valence-corrected chi connectivity index (χ1v) is 10.8. The molecule has 0 aliphatic carbocycles. The van der Waals surface area contributed by atoms with Crippen LogP contribution in [0.5, 0.6) is 0 Å². The number of imidazole rings is 1. The highest BCUT2D eigenvalue weighted by Gasteiger charge is 2.37. The Morgan fingerprint density at radius 2 is 1.78 bits per heavy atom. The SMILES string of the molecule is O=C(Nc1c(-c2ccccc2)nc2ccccn12)c1ccc(C(F)(F)F)c(C2C=CN(C(F)F)N2)c1. The van der Waals surface area contributed by atoms with Gasteiger partial charge in [-0.3, -0.25) is 14.2 Å². The summed E-state index contributed by atoms with van der Waals surface area (Å²) in [5, 5.41) is 3.17. The number of halogens is 5. The van der Waals surface area contributed by atoms with Gasteiger partial charge in [-0.25, -0.2) is 10.4 Å². The first-order valence-electron chi connectivity index (χ1n) is 10.8. The fourth-order valence-corrected chi connectivity index (χ4v) is 4.03. The minimum atomic E-state index is -4.75. The first kappa shape index (κ1) is 23.5. The number of aromatic nitrogens is 2. The maximum atomic E-state index is 13.7. The highest BCUT2D eigenvalue weighted by Crippen LogP contribution is 2.37. The van der Waals surface area contributed by atoms with Crippen molar-refractivity contribution in [3.05, 3.63) is 102 Å². The van der Waals surface area contributed by atoms with Gasteiger partial charge in [-0.05, 0) is 42.0 Å². The van der Waals surface area contributed by atoms with Crippen LogP contribution in [0, 0.1) is 0 Å². The second kappa shape index (κ2) is 9.08. The Morgan fingerprint density at radius 3 is 2.47 bits per heavy atom. The summed E-state index contributed by atoms with van der Waals surface area (Å²) in [5.74, 6) is -0.341. The molecule has 11 heteroatoms. The van der Waals surface area contributed by atoms with Gasteiger partial charge in [-0.1, -0.05) is 36.4 Å². The summed E-state index contributed by atoms with van der Waals surface area (Å²) in [7, 11) is 0. The molecule has 4 aromatic rings. The third-order valence-corrected chi connectivity index (χ3v) is 5.70. The summed E-state index contributed by atoms with van der Waals surface area (Å²) in [5.41, 5.74) is 2.63. The molecule has 0 spiro atoms. The second-order valence-electron chi connectivity index (χ2n) is 7.99. The van der Waals surface area contributed by atoms with Crippen molar-refractivity contribution in [1.82, 2.24) is 19.8 Å². The number of benzene rings is 2. The second-order valence-corrected chi connectivity index (χ2v) is 7.99. The Balaban J connectivity index is 1.53. The van der Waals surface area contributed by atoms with E-state index in [1.807, 2.05) is 30.3 Å². The number of nitrogens with zero attached hydrogens (tertiary/aromatic N) is 3. The molecule has 1 amide bonds. The Bertz CT molecular complexity index is 1450. The molecule has 5 rings (SSSR count). The third-order valence-electron chi connectivity index (χ3n) is 5.70. The third kappa shape index (κ3) is 4.40. The Kier molecular flexibility index (Phi) is 5.92. The average Bonchev–Trinajstić information content (AvgIpc) is 3.50. The zero-order valence-corrected chi connectivity index (χ0v) is 18.4. The van der Waals surface area contributed by atoms with Crippen molar-refractivity contribution in [2.75, 3.05) is 5.32 Å². The summed E-state index contributed by atoms with van der Waals surface area (Å²) in [6.45, 7) is -2.95. The van der Waals surface area contributed by atoms with Crippen LogP contribution in [0.25, 0.3) is 16.9 Å². The molecule has 184 valence electrons. The number of alkyl halides is 5. The van der Waals surface area contributed by atoms with Crippen LogP contribution in [0.4, 0.5) is 27.8 Å². The van der Waals surface area contributed by atoms with Crippen molar-refractivity contribution in [2.45, 2.75) is 18.8 Å². The molecule has 1 unspecified atom stereocenters. The number of carbonyl (C=O) groups excluding carboxylic acids is 1. The van der Waals surface area contributed by atoms with Crippen LogP contribution in [0.15, 0.2) is 85.2 Å². The quantitative estimate of drug-likeness (QED) is 0.266. The normalized spacial score (nSPS) is 15.7. The largest absolute Gasteiger partial charge is 0.416 e. The number of anilines is 1. The van der Waals surface area contributed by atoms with E-state index >= 15 is 0 Å². The molecule has 0 radical (unpaired) electrons. The fraction of sp³-hybridized carbons (Fsp3) is 0.120. The Labute approximate surface area is 201 Å². The molecule has 1 aliphatic rings. The number of hydrogen-bond donors (Lipinski definition) is 2. The van der Waals surface area contributed by atoms with Crippen LogP contribution in [0.3, 0.4) is 0 Å². The molecule has 2 aromatic carbocycles. The van der Waals surface area contributed by atoms with Crippen molar-refractivity contribution in [1.29, 1.82) is 0 Å². The molecule has 6 nitrogen and oxygen atoms in total. The van der Waals surface area contributed by atoms with Gasteiger partial charge in [0.15, 0.2) is 0 Å². The van der Waals surface area contributed by atoms with E-state index in [1.165, 1.54) is 6.08 Å². The predicted molar refractivity (Wildman–Crippen MR) is 123 cm³/mol. The van der Waals surface area contributed by atoms with Crippen LogP contribution in [0.2, 0.25) is 0 Å². The van der Waals surface area contributed by atoms with Crippen LogP contribution in [-0.4, -0.2) is 26.9 Å². The summed E-state index contributed by atoms with van der Waals surface area (Å²) in [4.78, 5) is 17.8. The van der Waals surface area contributed by atoms with E-state index in [0.29, 0.717) is 22.2 Å². The molecule has 0 bridgehead atoms. The summed E-state index contributed by atoms with van der Waals surface area (Å²) >= 11 is 0. The fourth-order valence-electron chi connectivity index (χ4n) is 4.03. The van der Waals surface area contributed by atoms with Gasteiger partial charge in [-0.15, -0.1) is 0 Å². The average molecular weight is 499 g/mol. The monoisotopic (exact) mass is 499 g/mol. The number of amides is 1. The molecule has 1 atom stereocenters. The van der Waals surface area contributed by atoms with Gasteiger partial charge in [0.25, 0.3) is 5.91 Å². The predicted octanol–water partition coefficient (Wildman–Crippen LogP) is 5.87. The molecule has 36 heavy (non-hydrogen) atoms.